The second-order valence-electron chi connectivity index (χ2n) is 5.05. The van der Waals surface area contributed by atoms with E-state index in [1.165, 1.54) is 12.8 Å². The molecule has 1 unspecified atom stereocenters. The van der Waals surface area contributed by atoms with Gasteiger partial charge in [0, 0.05) is 31.6 Å². The summed E-state index contributed by atoms with van der Waals surface area (Å²) in [7, 11) is 1.99. The molecule has 1 aromatic rings. The molecule has 1 aliphatic heterocycles. The summed E-state index contributed by atoms with van der Waals surface area (Å²) in [5.74, 6) is 1.18. The fourth-order valence-electron chi connectivity index (χ4n) is 2.38. The smallest absolute Gasteiger partial charge is 0.226 e. The molecule has 0 bridgehead atoms. The number of nitrogens with one attached hydrogen (secondary N) is 2. The lowest BCUT2D eigenvalue weighted by atomic mass is 10.1. The summed E-state index contributed by atoms with van der Waals surface area (Å²) in [4.78, 5) is 14.1. The van der Waals surface area contributed by atoms with Crippen molar-refractivity contribution in [1.82, 2.24) is 15.4 Å². The van der Waals surface area contributed by atoms with Crippen molar-refractivity contribution < 1.29 is 9.32 Å². The van der Waals surface area contributed by atoms with Crippen molar-refractivity contribution >= 4 is 11.7 Å². The second-order valence-corrected chi connectivity index (χ2v) is 5.05. The Morgan fingerprint density at radius 2 is 2.47 bits per heavy atom. The van der Waals surface area contributed by atoms with Crippen LogP contribution in [0.4, 0.5) is 5.82 Å². The van der Waals surface area contributed by atoms with E-state index in [-0.39, 0.29) is 5.91 Å². The van der Waals surface area contributed by atoms with Gasteiger partial charge in [0.1, 0.15) is 5.76 Å². The number of piperidine rings is 1. The average Bonchev–Trinajstić information content (AvgIpc) is 2.82. The van der Waals surface area contributed by atoms with E-state index < -0.39 is 0 Å². The Bertz CT molecular complexity index is 419. The Morgan fingerprint density at radius 3 is 3.16 bits per heavy atom. The van der Waals surface area contributed by atoms with Gasteiger partial charge < -0.3 is 20.1 Å². The van der Waals surface area contributed by atoms with Crippen LogP contribution in [0.1, 0.15) is 25.0 Å². The van der Waals surface area contributed by atoms with E-state index in [0.717, 1.165) is 19.6 Å². The molecular formula is C13H22N4O2. The lowest BCUT2D eigenvalue weighted by molar-refractivity contribution is -0.116. The Hall–Kier alpha value is -1.40. The predicted octanol–water partition coefficient (Wildman–Crippen LogP) is 0.995. The maximum absolute atomic E-state index is 11.8. The number of aryl methyl sites for hydroxylation is 1. The highest BCUT2D eigenvalue weighted by Gasteiger charge is 2.18. The molecule has 2 rings (SSSR count). The summed E-state index contributed by atoms with van der Waals surface area (Å²) in [6, 6.07) is 2.27. The molecule has 0 aliphatic carbocycles. The minimum atomic E-state index is -0.0140. The van der Waals surface area contributed by atoms with Gasteiger partial charge in [0.15, 0.2) is 5.82 Å². The van der Waals surface area contributed by atoms with Crippen LogP contribution in [0.25, 0.3) is 0 Å². The minimum Gasteiger partial charge on any atom is -0.360 e. The third-order valence-corrected chi connectivity index (χ3v) is 3.46. The van der Waals surface area contributed by atoms with Crippen LogP contribution in [-0.2, 0) is 4.79 Å². The van der Waals surface area contributed by atoms with E-state index in [4.69, 9.17) is 4.52 Å². The van der Waals surface area contributed by atoms with Gasteiger partial charge in [-0.2, -0.15) is 0 Å². The second kappa shape index (κ2) is 6.68. The SMILES string of the molecule is CNC1CCCN(CCC(=O)Nc2cc(C)on2)C1. The molecule has 6 nitrogen and oxygen atoms in total. The number of likely N-dealkylation sites (tertiary alicyclic amines) is 1. The summed E-state index contributed by atoms with van der Waals surface area (Å²) < 4.78 is 4.91. The van der Waals surface area contributed by atoms with Gasteiger partial charge in [-0.15, -0.1) is 0 Å². The van der Waals surface area contributed by atoms with Gasteiger partial charge in [-0.1, -0.05) is 5.16 Å². The van der Waals surface area contributed by atoms with Crippen LogP contribution < -0.4 is 10.6 Å². The van der Waals surface area contributed by atoms with Gasteiger partial charge in [0.2, 0.25) is 5.91 Å². The number of rotatable bonds is 5. The van der Waals surface area contributed by atoms with Gasteiger partial charge in [0.05, 0.1) is 0 Å². The number of carbonyl (C=O) groups excluding carboxylic acids is 1. The summed E-state index contributed by atoms with van der Waals surface area (Å²) in [6.45, 7) is 4.69. The highest BCUT2D eigenvalue weighted by Crippen LogP contribution is 2.11. The average molecular weight is 266 g/mol. The molecule has 0 aromatic carbocycles. The fourth-order valence-corrected chi connectivity index (χ4v) is 2.38. The fraction of sp³-hybridized carbons (Fsp3) is 0.692. The standard InChI is InChI=1S/C13H22N4O2/c1-10-8-12(16-19-10)15-13(18)5-7-17-6-3-4-11(9-17)14-2/h8,11,14H,3-7,9H2,1-2H3,(H,15,16,18). The first kappa shape index (κ1) is 14.0. The van der Waals surface area contributed by atoms with E-state index in [1.807, 2.05) is 7.05 Å². The summed E-state index contributed by atoms with van der Waals surface area (Å²) in [5, 5.41) is 9.79. The third-order valence-electron chi connectivity index (χ3n) is 3.46. The molecule has 0 saturated carbocycles. The molecule has 1 aliphatic rings. The van der Waals surface area contributed by atoms with Crippen LogP contribution in [0, 0.1) is 6.92 Å². The quantitative estimate of drug-likeness (QED) is 0.832. The van der Waals surface area contributed by atoms with E-state index >= 15 is 0 Å². The van der Waals surface area contributed by atoms with Crippen molar-refractivity contribution in [3.63, 3.8) is 0 Å². The number of likely N-dealkylation sites (N-methyl/N-ethyl adjacent to an activating group) is 1. The van der Waals surface area contributed by atoms with Gasteiger partial charge in [-0.3, -0.25) is 4.79 Å². The Kier molecular flexibility index (Phi) is 4.93. The van der Waals surface area contributed by atoms with E-state index in [2.05, 4.69) is 20.7 Å². The number of aromatic nitrogens is 1. The molecule has 2 heterocycles. The van der Waals surface area contributed by atoms with Crippen LogP contribution in [-0.4, -0.2) is 48.7 Å². The topological polar surface area (TPSA) is 70.4 Å². The van der Waals surface area contributed by atoms with Crippen molar-refractivity contribution in [1.29, 1.82) is 0 Å². The maximum Gasteiger partial charge on any atom is 0.226 e. The monoisotopic (exact) mass is 266 g/mol. The molecule has 1 atom stereocenters. The molecule has 1 aromatic heterocycles. The highest BCUT2D eigenvalue weighted by atomic mass is 16.5. The number of carbonyl (C=O) groups is 1. The third kappa shape index (κ3) is 4.33. The predicted molar refractivity (Wildman–Crippen MR) is 73.0 cm³/mol. The number of anilines is 1. The number of hydrogen-bond acceptors (Lipinski definition) is 5. The van der Waals surface area contributed by atoms with Crippen LogP contribution in [0.3, 0.4) is 0 Å². The van der Waals surface area contributed by atoms with E-state index in [1.54, 1.807) is 13.0 Å². The molecule has 106 valence electrons. The summed E-state index contributed by atoms with van der Waals surface area (Å²) in [5.41, 5.74) is 0. The molecule has 1 amide bonds. The normalized spacial score (nSPS) is 20.4. The lowest BCUT2D eigenvalue weighted by Crippen LogP contribution is -2.45. The van der Waals surface area contributed by atoms with Crippen LogP contribution in [0.2, 0.25) is 0 Å². The van der Waals surface area contributed by atoms with E-state index in [9.17, 15) is 4.79 Å². The minimum absolute atomic E-state index is 0.0140. The first-order valence-electron chi connectivity index (χ1n) is 6.80. The number of amides is 1. The van der Waals surface area contributed by atoms with Crippen molar-refractivity contribution in [2.24, 2.45) is 0 Å². The zero-order chi connectivity index (χ0) is 13.7. The molecule has 0 radical (unpaired) electrons. The Balaban J connectivity index is 1.71. The lowest BCUT2D eigenvalue weighted by Gasteiger charge is -2.32. The number of hydrogen-bond donors (Lipinski definition) is 2. The van der Waals surface area contributed by atoms with Gasteiger partial charge in [0.25, 0.3) is 0 Å². The number of nitrogens with zero attached hydrogens (tertiary/aromatic N) is 2. The summed E-state index contributed by atoms with van der Waals surface area (Å²) >= 11 is 0. The van der Waals surface area contributed by atoms with Gasteiger partial charge in [-0.25, -0.2) is 0 Å². The highest BCUT2D eigenvalue weighted by molar-refractivity contribution is 5.89. The first-order chi connectivity index (χ1) is 9.17. The first-order valence-corrected chi connectivity index (χ1v) is 6.80. The molecule has 2 N–H and O–H groups in total. The molecule has 19 heavy (non-hydrogen) atoms. The van der Waals surface area contributed by atoms with Crippen LogP contribution in [0.5, 0.6) is 0 Å². The van der Waals surface area contributed by atoms with Crippen molar-refractivity contribution in [2.75, 3.05) is 32.0 Å². The molecule has 1 fully saturated rings. The molecule has 1 saturated heterocycles. The zero-order valence-corrected chi connectivity index (χ0v) is 11.6. The maximum atomic E-state index is 11.8. The molecule has 6 heteroatoms. The van der Waals surface area contributed by atoms with Crippen LogP contribution >= 0.6 is 0 Å². The molecule has 0 spiro atoms. The van der Waals surface area contributed by atoms with Crippen molar-refractivity contribution in [3.8, 4) is 0 Å². The largest absolute Gasteiger partial charge is 0.360 e. The van der Waals surface area contributed by atoms with Crippen LogP contribution in [0.15, 0.2) is 10.6 Å². The van der Waals surface area contributed by atoms with E-state index in [0.29, 0.717) is 24.0 Å². The van der Waals surface area contributed by atoms with Crippen molar-refractivity contribution in [2.45, 2.75) is 32.2 Å². The van der Waals surface area contributed by atoms with Gasteiger partial charge >= 0.3 is 0 Å². The Labute approximate surface area is 113 Å². The zero-order valence-electron chi connectivity index (χ0n) is 11.6. The van der Waals surface area contributed by atoms with Gasteiger partial charge in [-0.05, 0) is 33.4 Å². The van der Waals surface area contributed by atoms with Crippen molar-refractivity contribution in [3.05, 3.63) is 11.8 Å². The Morgan fingerprint density at radius 1 is 1.63 bits per heavy atom. The molecular weight excluding hydrogens is 244 g/mol. The summed E-state index contributed by atoms with van der Waals surface area (Å²) in [6.07, 6.45) is 2.90.